The Morgan fingerprint density at radius 2 is 2.00 bits per heavy atom. The van der Waals surface area contributed by atoms with E-state index in [1.54, 1.807) is 60.0 Å². The molecule has 0 saturated carbocycles. The summed E-state index contributed by atoms with van der Waals surface area (Å²) >= 11 is 7.53. The van der Waals surface area contributed by atoms with Gasteiger partial charge in [0.25, 0.3) is 10.0 Å². The van der Waals surface area contributed by atoms with Crippen molar-refractivity contribution in [3.8, 4) is 0 Å². The van der Waals surface area contributed by atoms with Crippen LogP contribution in [-0.2, 0) is 14.8 Å². The molecule has 2 aromatic carbocycles. The van der Waals surface area contributed by atoms with E-state index in [2.05, 4.69) is 4.72 Å². The minimum atomic E-state index is -3.77. The van der Waals surface area contributed by atoms with E-state index in [9.17, 15) is 13.2 Å². The van der Waals surface area contributed by atoms with Crippen molar-refractivity contribution >= 4 is 50.7 Å². The second-order valence-corrected chi connectivity index (χ2v) is 8.97. The highest BCUT2D eigenvalue weighted by atomic mass is 35.5. The lowest BCUT2D eigenvalue weighted by atomic mass is 10.2. The van der Waals surface area contributed by atoms with E-state index in [1.807, 2.05) is 0 Å². The maximum Gasteiger partial charge on any atom is 0.261 e. The maximum atomic E-state index is 12.7. The van der Waals surface area contributed by atoms with Gasteiger partial charge in [-0.3, -0.25) is 9.52 Å². The zero-order valence-corrected chi connectivity index (χ0v) is 16.1. The topological polar surface area (TPSA) is 66.5 Å². The molecule has 0 aromatic heterocycles. The summed E-state index contributed by atoms with van der Waals surface area (Å²) in [5.74, 6) is 0.693. The molecule has 1 N–H and O–H groups in total. The number of carbonyl (C=O) groups is 1. The SMILES string of the molecule is CC(=O)N1CCSc2ccc(S(=O)(=O)Nc3ccc(Cl)cc3C)cc21. The number of sulfonamides is 1. The molecule has 1 heterocycles. The lowest BCUT2D eigenvalue weighted by Crippen LogP contribution is -2.33. The molecule has 0 unspecified atom stereocenters. The number of nitrogens with one attached hydrogen (secondary N) is 1. The summed E-state index contributed by atoms with van der Waals surface area (Å²) in [6.07, 6.45) is 0. The number of nitrogens with zero attached hydrogens (tertiary/aromatic N) is 1. The summed E-state index contributed by atoms with van der Waals surface area (Å²) in [6.45, 7) is 3.83. The fourth-order valence-electron chi connectivity index (χ4n) is 2.64. The Bertz CT molecular complexity index is 945. The van der Waals surface area contributed by atoms with Gasteiger partial charge in [-0.2, -0.15) is 0 Å². The number of rotatable bonds is 3. The first-order valence-corrected chi connectivity index (χ1v) is 10.5. The van der Waals surface area contributed by atoms with Crippen molar-refractivity contribution in [3.63, 3.8) is 0 Å². The molecular weight excluding hydrogens is 380 g/mol. The van der Waals surface area contributed by atoms with Crippen LogP contribution in [0.25, 0.3) is 0 Å². The average Bonchev–Trinajstić information content (AvgIpc) is 2.56. The molecule has 0 saturated heterocycles. The van der Waals surface area contributed by atoms with E-state index < -0.39 is 10.0 Å². The molecule has 132 valence electrons. The summed E-state index contributed by atoms with van der Waals surface area (Å²) in [4.78, 5) is 14.5. The average molecular weight is 397 g/mol. The Hall–Kier alpha value is -1.70. The van der Waals surface area contributed by atoms with Gasteiger partial charge in [0, 0.05) is 29.1 Å². The van der Waals surface area contributed by atoms with E-state index in [4.69, 9.17) is 11.6 Å². The van der Waals surface area contributed by atoms with Gasteiger partial charge in [0.05, 0.1) is 16.3 Å². The van der Waals surface area contributed by atoms with Crippen LogP contribution in [-0.4, -0.2) is 26.6 Å². The highest BCUT2D eigenvalue weighted by Crippen LogP contribution is 2.36. The van der Waals surface area contributed by atoms with Crippen LogP contribution in [0.15, 0.2) is 46.2 Å². The van der Waals surface area contributed by atoms with E-state index in [0.717, 1.165) is 16.2 Å². The maximum absolute atomic E-state index is 12.7. The minimum Gasteiger partial charge on any atom is -0.311 e. The highest BCUT2D eigenvalue weighted by Gasteiger charge is 2.24. The van der Waals surface area contributed by atoms with E-state index in [0.29, 0.717) is 22.9 Å². The molecule has 0 aliphatic carbocycles. The van der Waals surface area contributed by atoms with Crippen molar-refractivity contribution in [2.75, 3.05) is 21.9 Å². The summed E-state index contributed by atoms with van der Waals surface area (Å²) < 4.78 is 28.1. The Morgan fingerprint density at radius 1 is 1.24 bits per heavy atom. The summed E-state index contributed by atoms with van der Waals surface area (Å²) in [7, 11) is -3.77. The Kier molecular flexibility index (Phi) is 4.99. The molecule has 0 radical (unpaired) electrons. The zero-order chi connectivity index (χ0) is 18.2. The van der Waals surface area contributed by atoms with Gasteiger partial charge in [-0.05, 0) is 48.9 Å². The molecule has 2 aromatic rings. The predicted molar refractivity (Wildman–Crippen MR) is 102 cm³/mol. The fourth-order valence-corrected chi connectivity index (χ4v) is 4.99. The van der Waals surface area contributed by atoms with E-state index in [1.165, 1.54) is 6.92 Å². The number of benzene rings is 2. The Labute approximate surface area is 156 Å². The van der Waals surface area contributed by atoms with Crippen molar-refractivity contribution in [2.45, 2.75) is 23.6 Å². The molecule has 5 nitrogen and oxygen atoms in total. The second kappa shape index (κ2) is 6.90. The van der Waals surface area contributed by atoms with Gasteiger partial charge in [-0.25, -0.2) is 8.42 Å². The van der Waals surface area contributed by atoms with Crippen molar-refractivity contribution in [1.29, 1.82) is 0 Å². The van der Waals surface area contributed by atoms with Gasteiger partial charge < -0.3 is 4.90 Å². The fraction of sp³-hybridized carbons (Fsp3) is 0.235. The lowest BCUT2D eigenvalue weighted by molar-refractivity contribution is -0.116. The predicted octanol–water partition coefficient (Wildman–Crippen LogP) is 3.91. The number of thioether (sulfide) groups is 1. The molecule has 1 aliphatic heterocycles. The Morgan fingerprint density at radius 3 is 2.68 bits per heavy atom. The molecule has 0 atom stereocenters. The third-order valence-electron chi connectivity index (χ3n) is 3.92. The standard InChI is InChI=1S/C17H17ClN2O3S2/c1-11-9-13(18)3-5-15(11)19-25(22,23)14-4-6-17-16(10-14)20(12(2)21)7-8-24-17/h3-6,9-10,19H,7-8H2,1-2H3. The monoisotopic (exact) mass is 396 g/mol. The van der Waals surface area contributed by atoms with Crippen molar-refractivity contribution < 1.29 is 13.2 Å². The van der Waals surface area contributed by atoms with Crippen LogP contribution in [0.2, 0.25) is 5.02 Å². The van der Waals surface area contributed by atoms with Crippen LogP contribution in [0.4, 0.5) is 11.4 Å². The van der Waals surface area contributed by atoms with Gasteiger partial charge in [-0.1, -0.05) is 11.6 Å². The van der Waals surface area contributed by atoms with Crippen molar-refractivity contribution in [1.82, 2.24) is 0 Å². The normalized spacial score (nSPS) is 14.1. The molecule has 0 spiro atoms. The van der Waals surface area contributed by atoms with Gasteiger partial charge in [-0.15, -0.1) is 11.8 Å². The first-order valence-electron chi connectivity index (χ1n) is 7.62. The van der Waals surface area contributed by atoms with Crippen molar-refractivity contribution in [2.24, 2.45) is 0 Å². The third-order valence-corrected chi connectivity index (χ3v) is 6.56. The van der Waals surface area contributed by atoms with Gasteiger partial charge in [0.2, 0.25) is 5.91 Å². The molecule has 0 fully saturated rings. The van der Waals surface area contributed by atoms with Crippen LogP contribution in [0, 0.1) is 6.92 Å². The summed E-state index contributed by atoms with van der Waals surface area (Å²) in [5.41, 5.74) is 1.84. The second-order valence-electron chi connectivity index (χ2n) is 5.71. The number of anilines is 2. The number of carbonyl (C=O) groups excluding carboxylic acids is 1. The number of amides is 1. The molecule has 8 heteroatoms. The molecule has 25 heavy (non-hydrogen) atoms. The van der Waals surface area contributed by atoms with Crippen LogP contribution < -0.4 is 9.62 Å². The van der Waals surface area contributed by atoms with E-state index >= 15 is 0 Å². The van der Waals surface area contributed by atoms with Gasteiger partial charge >= 0.3 is 0 Å². The van der Waals surface area contributed by atoms with Gasteiger partial charge in [0.15, 0.2) is 0 Å². The number of hydrogen-bond donors (Lipinski definition) is 1. The highest BCUT2D eigenvalue weighted by molar-refractivity contribution is 7.99. The first kappa shape index (κ1) is 18.1. The number of halogens is 1. The van der Waals surface area contributed by atoms with Crippen molar-refractivity contribution in [3.05, 3.63) is 47.0 Å². The number of fused-ring (bicyclic) bond motifs is 1. The molecule has 1 aliphatic rings. The number of aryl methyl sites for hydroxylation is 1. The van der Waals surface area contributed by atoms with Crippen LogP contribution >= 0.6 is 23.4 Å². The quantitative estimate of drug-likeness (QED) is 0.854. The van der Waals surface area contributed by atoms with Crippen LogP contribution in [0.5, 0.6) is 0 Å². The molecule has 0 bridgehead atoms. The van der Waals surface area contributed by atoms with Crippen LogP contribution in [0.1, 0.15) is 12.5 Å². The summed E-state index contributed by atoms with van der Waals surface area (Å²) in [5, 5.41) is 0.545. The molecule has 1 amide bonds. The number of hydrogen-bond acceptors (Lipinski definition) is 4. The summed E-state index contributed by atoms with van der Waals surface area (Å²) in [6, 6.07) is 9.82. The third kappa shape index (κ3) is 3.78. The van der Waals surface area contributed by atoms with E-state index in [-0.39, 0.29) is 10.8 Å². The first-order chi connectivity index (χ1) is 11.8. The zero-order valence-electron chi connectivity index (χ0n) is 13.7. The smallest absolute Gasteiger partial charge is 0.261 e. The minimum absolute atomic E-state index is 0.0994. The molecular formula is C17H17ClN2O3S2. The largest absolute Gasteiger partial charge is 0.311 e. The Balaban J connectivity index is 1.98. The molecule has 3 rings (SSSR count). The van der Waals surface area contributed by atoms with Crippen LogP contribution in [0.3, 0.4) is 0 Å². The lowest BCUT2D eigenvalue weighted by Gasteiger charge is -2.28. The van der Waals surface area contributed by atoms with Gasteiger partial charge in [0.1, 0.15) is 0 Å².